The molecule has 0 bridgehead atoms. The zero-order valence-electron chi connectivity index (χ0n) is 19.0. The molecule has 0 radical (unpaired) electrons. The van der Waals surface area contributed by atoms with E-state index in [1.165, 1.54) is 24.3 Å². The maximum absolute atomic E-state index is 12.7. The van der Waals surface area contributed by atoms with Gasteiger partial charge in [0, 0.05) is 12.8 Å². The van der Waals surface area contributed by atoms with Crippen molar-refractivity contribution >= 4 is 35.6 Å². The predicted octanol–water partition coefficient (Wildman–Crippen LogP) is -3.47. The Kier molecular flexibility index (Phi) is 11.8. The lowest BCUT2D eigenvalue weighted by Crippen LogP contribution is -2.58. The zero-order chi connectivity index (χ0) is 27.4. The van der Waals surface area contributed by atoms with Crippen LogP contribution < -0.4 is 27.4 Å². The molecule has 15 heteroatoms. The number of primary amides is 1. The quantitative estimate of drug-likeness (QED) is 0.112. The number of amides is 4. The fourth-order valence-corrected chi connectivity index (χ4v) is 2.90. The van der Waals surface area contributed by atoms with Gasteiger partial charge in [0.2, 0.25) is 23.6 Å². The number of hydrogen-bond acceptors (Lipinski definition) is 9. The highest BCUT2D eigenvalue weighted by Crippen LogP contribution is 2.12. The van der Waals surface area contributed by atoms with Crippen LogP contribution in [0.3, 0.4) is 0 Å². The van der Waals surface area contributed by atoms with Crippen molar-refractivity contribution in [3.63, 3.8) is 0 Å². The monoisotopic (exact) mass is 511 g/mol. The largest absolute Gasteiger partial charge is 0.508 e. The summed E-state index contributed by atoms with van der Waals surface area (Å²) in [6, 6.07) is -0.660. The first-order valence-corrected chi connectivity index (χ1v) is 10.6. The van der Waals surface area contributed by atoms with Crippen molar-refractivity contribution in [1.82, 2.24) is 16.0 Å². The van der Waals surface area contributed by atoms with Crippen LogP contribution in [0.2, 0.25) is 0 Å². The number of carbonyl (C=O) groups excluding carboxylic acids is 4. The first-order valence-electron chi connectivity index (χ1n) is 10.6. The Labute approximate surface area is 204 Å². The predicted molar refractivity (Wildman–Crippen MR) is 121 cm³/mol. The van der Waals surface area contributed by atoms with Crippen molar-refractivity contribution < 1.29 is 49.2 Å². The topological polar surface area (TPSA) is 271 Å². The van der Waals surface area contributed by atoms with Gasteiger partial charge in [0.1, 0.15) is 23.9 Å². The van der Waals surface area contributed by atoms with Crippen LogP contribution in [0.5, 0.6) is 5.75 Å². The summed E-state index contributed by atoms with van der Waals surface area (Å²) in [5, 5.41) is 43.7. The number of nitrogens with one attached hydrogen (secondary N) is 3. The number of nitrogens with two attached hydrogens (primary N) is 2. The Hall–Kier alpha value is -4.24. The number of hydrogen-bond donors (Lipinski definition) is 9. The average Bonchev–Trinajstić information content (AvgIpc) is 2.80. The summed E-state index contributed by atoms with van der Waals surface area (Å²) in [5.74, 6) is -6.90. The van der Waals surface area contributed by atoms with Crippen LogP contribution in [0.15, 0.2) is 24.3 Å². The number of carbonyl (C=O) groups is 6. The standard InChI is InChI=1S/C21H29N5O10/c22-12(5-6-16(23)29)18(32)26-15(9-27)20(34)24-13(8-17(30)31)19(33)25-14(21(35)36)7-10-1-3-11(28)4-2-10/h1-4,12-15,27-28H,5-9,22H2,(H2,23,29)(H,24,34)(H,25,33)(H,26,32)(H,30,31)(H,35,36). The lowest BCUT2D eigenvalue weighted by molar-refractivity contribution is -0.143. The van der Waals surface area contributed by atoms with Crippen LogP contribution in [0, 0.1) is 0 Å². The smallest absolute Gasteiger partial charge is 0.326 e. The van der Waals surface area contributed by atoms with E-state index in [-0.39, 0.29) is 25.0 Å². The van der Waals surface area contributed by atoms with Gasteiger partial charge in [-0.25, -0.2) is 4.79 Å². The van der Waals surface area contributed by atoms with E-state index in [1.54, 1.807) is 0 Å². The molecule has 11 N–H and O–H groups in total. The highest BCUT2D eigenvalue weighted by atomic mass is 16.4. The molecule has 4 atom stereocenters. The number of aromatic hydroxyl groups is 1. The van der Waals surface area contributed by atoms with Crippen molar-refractivity contribution in [2.24, 2.45) is 11.5 Å². The van der Waals surface area contributed by atoms with Gasteiger partial charge in [-0.3, -0.25) is 24.0 Å². The van der Waals surface area contributed by atoms with Crippen LogP contribution in [-0.2, 0) is 35.2 Å². The Morgan fingerprint density at radius 1 is 0.833 bits per heavy atom. The minimum Gasteiger partial charge on any atom is -0.508 e. The van der Waals surface area contributed by atoms with Gasteiger partial charge in [-0.05, 0) is 24.1 Å². The van der Waals surface area contributed by atoms with Gasteiger partial charge >= 0.3 is 11.9 Å². The number of aliphatic hydroxyl groups excluding tert-OH is 1. The number of aliphatic hydroxyl groups is 1. The number of rotatable bonds is 15. The third-order valence-corrected chi connectivity index (χ3v) is 4.86. The minimum absolute atomic E-state index is 0.0572. The molecule has 0 saturated carbocycles. The second-order valence-corrected chi connectivity index (χ2v) is 7.78. The van der Waals surface area contributed by atoms with Gasteiger partial charge in [0.25, 0.3) is 0 Å². The number of carboxylic acids is 2. The van der Waals surface area contributed by atoms with Gasteiger partial charge in [-0.2, -0.15) is 0 Å². The van der Waals surface area contributed by atoms with Gasteiger partial charge in [0.15, 0.2) is 0 Å². The molecule has 1 aromatic carbocycles. The maximum Gasteiger partial charge on any atom is 0.326 e. The second-order valence-electron chi connectivity index (χ2n) is 7.78. The van der Waals surface area contributed by atoms with Gasteiger partial charge < -0.3 is 47.8 Å². The zero-order valence-corrected chi connectivity index (χ0v) is 19.0. The van der Waals surface area contributed by atoms with Crippen LogP contribution in [0.25, 0.3) is 0 Å². The van der Waals surface area contributed by atoms with Gasteiger partial charge in [-0.1, -0.05) is 12.1 Å². The molecule has 4 unspecified atom stereocenters. The SMILES string of the molecule is NC(=O)CCC(N)C(=O)NC(CO)C(=O)NC(CC(=O)O)C(=O)NC(Cc1ccc(O)cc1)C(=O)O. The van der Waals surface area contributed by atoms with E-state index in [2.05, 4.69) is 16.0 Å². The summed E-state index contributed by atoms with van der Waals surface area (Å²) in [7, 11) is 0. The fraction of sp³-hybridized carbons (Fsp3) is 0.429. The third kappa shape index (κ3) is 10.4. The second kappa shape index (κ2) is 14.2. The van der Waals surface area contributed by atoms with E-state index < -0.39 is 72.8 Å². The molecule has 198 valence electrons. The normalized spacial score (nSPS) is 13.9. The summed E-state index contributed by atoms with van der Waals surface area (Å²) >= 11 is 0. The van der Waals surface area contributed by atoms with Crippen LogP contribution in [0.4, 0.5) is 0 Å². The van der Waals surface area contributed by atoms with Crippen molar-refractivity contribution in [2.75, 3.05) is 6.61 Å². The molecule has 15 nitrogen and oxygen atoms in total. The molecule has 0 aliphatic rings. The summed E-state index contributed by atoms with van der Waals surface area (Å²) in [5.41, 5.74) is 11.0. The number of benzene rings is 1. The Morgan fingerprint density at radius 3 is 1.86 bits per heavy atom. The molecule has 0 saturated heterocycles. The molecular formula is C21H29N5O10. The van der Waals surface area contributed by atoms with Crippen LogP contribution in [0.1, 0.15) is 24.8 Å². The number of phenolic OH excluding ortho intramolecular Hbond substituents is 1. The summed E-state index contributed by atoms with van der Waals surface area (Å²) in [6.45, 7) is -0.944. The van der Waals surface area contributed by atoms with Crippen molar-refractivity contribution in [3.8, 4) is 5.75 Å². The first-order chi connectivity index (χ1) is 16.8. The van der Waals surface area contributed by atoms with Crippen LogP contribution >= 0.6 is 0 Å². The third-order valence-electron chi connectivity index (χ3n) is 4.86. The van der Waals surface area contributed by atoms with E-state index in [0.29, 0.717) is 5.56 Å². The number of aliphatic carboxylic acids is 2. The Balaban J connectivity index is 2.90. The lowest BCUT2D eigenvalue weighted by Gasteiger charge is -2.23. The van der Waals surface area contributed by atoms with Crippen LogP contribution in [-0.4, -0.2) is 86.8 Å². The molecule has 36 heavy (non-hydrogen) atoms. The molecule has 0 spiro atoms. The van der Waals surface area contributed by atoms with Gasteiger partial charge in [-0.15, -0.1) is 0 Å². The van der Waals surface area contributed by atoms with Crippen molar-refractivity contribution in [3.05, 3.63) is 29.8 Å². The molecule has 0 aliphatic carbocycles. The molecule has 0 aliphatic heterocycles. The molecule has 0 aromatic heterocycles. The Bertz CT molecular complexity index is 968. The summed E-state index contributed by atoms with van der Waals surface area (Å²) < 4.78 is 0. The number of phenols is 1. The van der Waals surface area contributed by atoms with E-state index in [4.69, 9.17) is 16.6 Å². The summed E-state index contributed by atoms with van der Waals surface area (Å²) in [6.07, 6.45) is -1.50. The van der Waals surface area contributed by atoms with Crippen molar-refractivity contribution in [2.45, 2.75) is 49.9 Å². The highest BCUT2D eigenvalue weighted by molar-refractivity contribution is 5.95. The molecule has 0 fully saturated rings. The van der Waals surface area contributed by atoms with E-state index in [1.807, 2.05) is 0 Å². The van der Waals surface area contributed by atoms with Crippen molar-refractivity contribution in [1.29, 1.82) is 0 Å². The van der Waals surface area contributed by atoms with E-state index in [0.717, 1.165) is 0 Å². The maximum atomic E-state index is 12.7. The van der Waals surface area contributed by atoms with Gasteiger partial charge in [0.05, 0.1) is 19.1 Å². The molecule has 0 heterocycles. The molecule has 1 aromatic rings. The lowest BCUT2D eigenvalue weighted by atomic mass is 10.0. The highest BCUT2D eigenvalue weighted by Gasteiger charge is 2.31. The average molecular weight is 511 g/mol. The minimum atomic E-state index is -1.76. The molecule has 4 amide bonds. The first kappa shape index (κ1) is 29.8. The summed E-state index contributed by atoms with van der Waals surface area (Å²) in [4.78, 5) is 71.0. The molecular weight excluding hydrogens is 482 g/mol. The number of carboxylic acid groups (broad SMARTS) is 2. The Morgan fingerprint density at radius 2 is 1.36 bits per heavy atom. The van der Waals surface area contributed by atoms with E-state index in [9.17, 15) is 44.1 Å². The molecule has 1 rings (SSSR count). The van der Waals surface area contributed by atoms with E-state index >= 15 is 0 Å². The fourth-order valence-electron chi connectivity index (χ4n) is 2.90.